The van der Waals surface area contributed by atoms with Crippen LogP contribution in [0.5, 0.6) is 0 Å². The first-order chi connectivity index (χ1) is 15.2. The maximum atomic E-state index is 12.3. The monoisotopic (exact) mass is 430 g/mol. The number of carbonyl (C=O) groups excluding carboxylic acids is 1. The molecule has 2 aromatic heterocycles. The molecule has 2 heterocycles. The number of carbonyl (C=O) groups is 1. The minimum Gasteiger partial charge on any atom is -0.431 e. The second-order valence-electron chi connectivity index (χ2n) is 6.48. The fourth-order valence-corrected chi connectivity index (χ4v) is 3.17. The van der Waals surface area contributed by atoms with Gasteiger partial charge < -0.3 is 4.42 Å². The predicted molar refractivity (Wildman–Crippen MR) is 119 cm³/mol. The van der Waals surface area contributed by atoms with Gasteiger partial charge in [-0.05, 0) is 43.3 Å². The molecule has 8 nitrogen and oxygen atoms in total. The van der Waals surface area contributed by atoms with Gasteiger partial charge in [0.2, 0.25) is 5.84 Å². The van der Waals surface area contributed by atoms with Gasteiger partial charge in [-0.1, -0.05) is 41.6 Å². The van der Waals surface area contributed by atoms with Crippen molar-refractivity contribution in [3.05, 3.63) is 84.2 Å². The van der Waals surface area contributed by atoms with Crippen molar-refractivity contribution in [2.45, 2.75) is 12.1 Å². The van der Waals surface area contributed by atoms with Gasteiger partial charge in [0.25, 0.3) is 11.1 Å². The van der Waals surface area contributed by atoms with Gasteiger partial charge in [0.1, 0.15) is 5.52 Å². The second kappa shape index (κ2) is 9.77. The largest absolute Gasteiger partial charge is 0.431 e. The maximum absolute atomic E-state index is 12.3. The number of azo groups is 1. The number of hydrazone groups is 1. The molecule has 0 saturated heterocycles. The standard InChI is InChI=1S/C22H18N6O2S/c1-15-8-10-17(11-9-15)25-27-21(16-5-4-12-23-13-16)28-26-20(29)14-31-22-24-18-6-2-3-7-19(18)30-22/h2-13H,14H2,1H3,(H,26,29)/b27-25?,28-21-. The number of nitrogens with zero attached hydrogens (tertiary/aromatic N) is 5. The van der Waals surface area contributed by atoms with Crippen LogP contribution in [0.15, 0.2) is 98.0 Å². The molecule has 1 amide bonds. The van der Waals surface area contributed by atoms with E-state index in [1.807, 2.05) is 55.5 Å². The third-order valence-electron chi connectivity index (χ3n) is 4.10. The Morgan fingerprint density at radius 1 is 1.10 bits per heavy atom. The van der Waals surface area contributed by atoms with E-state index in [2.05, 4.69) is 30.7 Å². The summed E-state index contributed by atoms with van der Waals surface area (Å²) in [7, 11) is 0. The van der Waals surface area contributed by atoms with E-state index < -0.39 is 0 Å². The number of benzene rings is 2. The number of rotatable bonds is 6. The van der Waals surface area contributed by atoms with E-state index in [0.717, 1.165) is 11.1 Å². The van der Waals surface area contributed by atoms with Gasteiger partial charge in [-0.25, -0.2) is 10.4 Å². The van der Waals surface area contributed by atoms with E-state index in [1.165, 1.54) is 11.8 Å². The molecule has 0 aliphatic heterocycles. The number of fused-ring (bicyclic) bond motifs is 1. The molecule has 31 heavy (non-hydrogen) atoms. The Labute approximate surface area is 182 Å². The Morgan fingerprint density at radius 2 is 1.94 bits per heavy atom. The third-order valence-corrected chi connectivity index (χ3v) is 4.93. The van der Waals surface area contributed by atoms with Crippen molar-refractivity contribution < 1.29 is 9.21 Å². The van der Waals surface area contributed by atoms with Crippen molar-refractivity contribution in [3.8, 4) is 0 Å². The highest BCUT2D eigenvalue weighted by Crippen LogP contribution is 2.22. The van der Waals surface area contributed by atoms with Gasteiger partial charge >= 0.3 is 0 Å². The van der Waals surface area contributed by atoms with Gasteiger partial charge in [0, 0.05) is 18.0 Å². The van der Waals surface area contributed by atoms with Crippen LogP contribution in [0.2, 0.25) is 0 Å². The van der Waals surface area contributed by atoms with Crippen LogP contribution in [0.4, 0.5) is 5.69 Å². The molecule has 0 aliphatic rings. The van der Waals surface area contributed by atoms with Gasteiger partial charge in [-0.15, -0.1) is 10.2 Å². The lowest BCUT2D eigenvalue weighted by Gasteiger charge is -2.02. The van der Waals surface area contributed by atoms with Gasteiger partial charge in [-0.3, -0.25) is 9.78 Å². The molecule has 4 rings (SSSR count). The minimum atomic E-state index is -0.320. The Kier molecular flexibility index (Phi) is 6.44. The first-order valence-corrected chi connectivity index (χ1v) is 10.4. The lowest BCUT2D eigenvalue weighted by atomic mass is 10.2. The SMILES string of the molecule is Cc1ccc(N=N/C(=N\NC(=O)CSc2nc3ccccc3o2)c2cccnc2)cc1. The third kappa shape index (κ3) is 5.61. The molecule has 0 fully saturated rings. The quantitative estimate of drug-likeness (QED) is 0.154. The summed E-state index contributed by atoms with van der Waals surface area (Å²) in [5.41, 5.74) is 6.38. The molecule has 0 radical (unpaired) electrons. The molecule has 9 heteroatoms. The first kappa shape index (κ1) is 20.4. The van der Waals surface area contributed by atoms with Crippen molar-refractivity contribution >= 4 is 40.3 Å². The van der Waals surface area contributed by atoms with E-state index in [-0.39, 0.29) is 17.5 Å². The summed E-state index contributed by atoms with van der Waals surface area (Å²) in [6, 6.07) is 18.6. The number of hydrogen-bond acceptors (Lipinski definition) is 7. The molecule has 0 aliphatic carbocycles. The highest BCUT2D eigenvalue weighted by molar-refractivity contribution is 7.99. The smallest absolute Gasteiger partial charge is 0.257 e. The molecule has 1 N–H and O–H groups in total. The van der Waals surface area contributed by atoms with Crippen LogP contribution >= 0.6 is 11.8 Å². The van der Waals surface area contributed by atoms with Gasteiger partial charge in [0.15, 0.2) is 5.58 Å². The fourth-order valence-electron chi connectivity index (χ4n) is 2.54. The van der Waals surface area contributed by atoms with Gasteiger partial charge in [-0.2, -0.15) is 5.10 Å². The maximum Gasteiger partial charge on any atom is 0.257 e. The molecule has 4 aromatic rings. The van der Waals surface area contributed by atoms with Crippen molar-refractivity contribution in [2.24, 2.45) is 15.3 Å². The number of oxazole rings is 1. The van der Waals surface area contributed by atoms with Gasteiger partial charge in [0.05, 0.1) is 11.4 Å². The van der Waals surface area contributed by atoms with E-state index >= 15 is 0 Å². The van der Waals surface area contributed by atoms with E-state index in [0.29, 0.717) is 22.1 Å². The van der Waals surface area contributed by atoms with Crippen LogP contribution in [0.3, 0.4) is 0 Å². The number of nitrogens with one attached hydrogen (secondary N) is 1. The topological polar surface area (TPSA) is 105 Å². The highest BCUT2D eigenvalue weighted by atomic mass is 32.2. The molecular weight excluding hydrogens is 412 g/mol. The molecule has 0 atom stereocenters. The van der Waals surface area contributed by atoms with Crippen molar-refractivity contribution in [2.75, 3.05) is 5.75 Å². The zero-order chi connectivity index (χ0) is 21.5. The molecule has 0 unspecified atom stereocenters. The zero-order valence-corrected chi connectivity index (χ0v) is 17.4. The number of pyridine rings is 1. The Balaban J connectivity index is 1.43. The average Bonchev–Trinajstić information content (AvgIpc) is 3.22. The fraction of sp³-hybridized carbons (Fsp3) is 0.0909. The van der Waals surface area contributed by atoms with Crippen LogP contribution in [-0.2, 0) is 4.79 Å². The van der Waals surface area contributed by atoms with E-state index in [4.69, 9.17) is 4.42 Å². The molecule has 0 saturated carbocycles. The molecule has 0 bridgehead atoms. The van der Waals surface area contributed by atoms with E-state index in [1.54, 1.807) is 24.5 Å². The molecule has 2 aromatic carbocycles. The number of para-hydroxylation sites is 2. The number of thioether (sulfide) groups is 1. The number of aromatic nitrogens is 2. The van der Waals surface area contributed by atoms with Crippen LogP contribution in [0.1, 0.15) is 11.1 Å². The van der Waals surface area contributed by atoms with Crippen LogP contribution < -0.4 is 5.43 Å². The summed E-state index contributed by atoms with van der Waals surface area (Å²) in [5.74, 6) is 0.0132. The van der Waals surface area contributed by atoms with E-state index in [9.17, 15) is 4.79 Å². The lowest BCUT2D eigenvalue weighted by molar-refractivity contribution is -0.118. The summed E-state index contributed by atoms with van der Waals surface area (Å²) in [5, 5.41) is 13.0. The molecule has 154 valence electrons. The van der Waals surface area contributed by atoms with Crippen molar-refractivity contribution in [1.82, 2.24) is 15.4 Å². The number of hydrogen-bond donors (Lipinski definition) is 1. The first-order valence-electron chi connectivity index (χ1n) is 9.41. The zero-order valence-electron chi connectivity index (χ0n) is 16.6. The Hall–Kier alpha value is -3.85. The van der Waals surface area contributed by atoms with Crippen molar-refractivity contribution in [3.63, 3.8) is 0 Å². The summed E-state index contributed by atoms with van der Waals surface area (Å²) in [6.45, 7) is 2.00. The number of amides is 1. The van der Waals surface area contributed by atoms with Crippen LogP contribution in [-0.4, -0.2) is 27.5 Å². The lowest BCUT2D eigenvalue weighted by Crippen LogP contribution is -2.21. The molecular formula is C22H18N6O2S. The summed E-state index contributed by atoms with van der Waals surface area (Å²) < 4.78 is 5.60. The minimum absolute atomic E-state index is 0.0890. The van der Waals surface area contributed by atoms with Crippen LogP contribution in [0, 0.1) is 6.92 Å². The predicted octanol–water partition coefficient (Wildman–Crippen LogP) is 4.89. The molecule has 0 spiro atoms. The number of amidine groups is 1. The average molecular weight is 430 g/mol. The Bertz CT molecular complexity index is 1200. The summed E-state index contributed by atoms with van der Waals surface area (Å²) in [6.07, 6.45) is 3.25. The van der Waals surface area contributed by atoms with Crippen LogP contribution in [0.25, 0.3) is 11.1 Å². The Morgan fingerprint density at radius 3 is 2.71 bits per heavy atom. The van der Waals surface area contributed by atoms with Crippen molar-refractivity contribution in [1.29, 1.82) is 0 Å². The highest BCUT2D eigenvalue weighted by Gasteiger charge is 2.10. The summed E-state index contributed by atoms with van der Waals surface area (Å²) >= 11 is 1.19. The number of aryl methyl sites for hydroxylation is 1. The summed E-state index contributed by atoms with van der Waals surface area (Å²) in [4.78, 5) is 20.7. The normalized spacial score (nSPS) is 11.8. The second-order valence-corrected chi connectivity index (χ2v) is 7.41.